The molecule has 2 aromatic carbocycles. The third-order valence-corrected chi connectivity index (χ3v) is 8.52. The van der Waals surface area contributed by atoms with Crippen LogP contribution < -0.4 is 5.32 Å². The molecule has 182 valence electrons. The first kappa shape index (κ1) is 24.4. The zero-order valence-corrected chi connectivity index (χ0v) is 20.5. The number of amides is 2. The maximum absolute atomic E-state index is 13.0. The molecular weight excluding hydrogens is 450 g/mol. The van der Waals surface area contributed by atoms with Crippen LogP contribution >= 0.6 is 0 Å². The van der Waals surface area contributed by atoms with Crippen LogP contribution in [0.4, 0.5) is 0 Å². The van der Waals surface area contributed by atoms with E-state index in [9.17, 15) is 18.0 Å². The van der Waals surface area contributed by atoms with Crippen molar-refractivity contribution >= 4 is 21.8 Å². The van der Waals surface area contributed by atoms with Gasteiger partial charge in [0.2, 0.25) is 15.9 Å². The molecule has 1 saturated carbocycles. The molecule has 2 fully saturated rings. The second-order valence-corrected chi connectivity index (χ2v) is 11.1. The van der Waals surface area contributed by atoms with Crippen LogP contribution in [-0.4, -0.2) is 55.6 Å². The molecule has 0 aromatic heterocycles. The Bertz CT molecular complexity index is 1100. The minimum absolute atomic E-state index is 0.0999. The summed E-state index contributed by atoms with van der Waals surface area (Å²) in [6, 6.07) is 14.6. The highest BCUT2D eigenvalue weighted by Gasteiger charge is 2.32. The third kappa shape index (κ3) is 5.85. The van der Waals surface area contributed by atoms with E-state index in [4.69, 9.17) is 0 Å². The van der Waals surface area contributed by atoms with Gasteiger partial charge in [0.05, 0.1) is 4.90 Å². The normalized spacial score (nSPS) is 16.7. The quantitative estimate of drug-likeness (QED) is 0.593. The van der Waals surface area contributed by atoms with Crippen molar-refractivity contribution in [2.24, 2.45) is 0 Å². The number of nitrogens with zero attached hydrogens (tertiary/aromatic N) is 2. The molecule has 1 N–H and O–H groups in total. The summed E-state index contributed by atoms with van der Waals surface area (Å²) < 4.78 is 27.2. The number of nitrogens with one attached hydrogen (secondary N) is 1. The van der Waals surface area contributed by atoms with Gasteiger partial charge in [0.1, 0.15) is 0 Å². The van der Waals surface area contributed by atoms with E-state index in [-0.39, 0.29) is 17.9 Å². The fourth-order valence-corrected chi connectivity index (χ4v) is 5.90. The van der Waals surface area contributed by atoms with Crippen molar-refractivity contribution in [3.63, 3.8) is 0 Å². The van der Waals surface area contributed by atoms with Crippen molar-refractivity contribution in [1.29, 1.82) is 0 Å². The Labute approximate surface area is 202 Å². The summed E-state index contributed by atoms with van der Waals surface area (Å²) in [5.41, 5.74) is 2.55. The average molecular weight is 484 g/mol. The minimum atomic E-state index is -3.44. The average Bonchev–Trinajstić information content (AvgIpc) is 3.72. The second kappa shape index (κ2) is 10.7. The van der Waals surface area contributed by atoms with Gasteiger partial charge in [0.25, 0.3) is 5.91 Å². The molecule has 1 heterocycles. The Kier molecular flexibility index (Phi) is 7.68. The van der Waals surface area contributed by atoms with Gasteiger partial charge in [0.15, 0.2) is 0 Å². The highest BCUT2D eigenvalue weighted by molar-refractivity contribution is 7.89. The van der Waals surface area contributed by atoms with E-state index >= 15 is 0 Å². The van der Waals surface area contributed by atoms with E-state index in [0.29, 0.717) is 42.9 Å². The lowest BCUT2D eigenvalue weighted by Gasteiger charge is -2.26. The Morgan fingerprint density at radius 2 is 1.56 bits per heavy atom. The number of hydrogen-bond donors (Lipinski definition) is 1. The van der Waals surface area contributed by atoms with Crippen LogP contribution in [0.25, 0.3) is 0 Å². The Balaban J connectivity index is 1.34. The summed E-state index contributed by atoms with van der Waals surface area (Å²) in [7, 11) is -1.84. The van der Waals surface area contributed by atoms with E-state index in [1.54, 1.807) is 35.6 Å². The molecule has 0 bridgehead atoms. The number of carbonyl (C=O) groups excluding carboxylic acids is 2. The van der Waals surface area contributed by atoms with Crippen molar-refractivity contribution < 1.29 is 18.0 Å². The molecule has 0 radical (unpaired) electrons. The molecule has 2 amide bonds. The van der Waals surface area contributed by atoms with Gasteiger partial charge in [-0.2, -0.15) is 4.31 Å². The number of sulfonamides is 1. The first-order valence-electron chi connectivity index (χ1n) is 12.1. The number of hydrogen-bond acceptors (Lipinski definition) is 4. The van der Waals surface area contributed by atoms with Crippen LogP contribution in [0, 0.1) is 0 Å². The molecule has 7 nitrogen and oxygen atoms in total. The van der Waals surface area contributed by atoms with E-state index in [1.165, 1.54) is 0 Å². The number of carbonyl (C=O) groups is 2. The molecular formula is C26H33N3O4S. The van der Waals surface area contributed by atoms with E-state index in [0.717, 1.165) is 43.2 Å². The van der Waals surface area contributed by atoms with Crippen LogP contribution in [0.5, 0.6) is 0 Å². The van der Waals surface area contributed by atoms with Gasteiger partial charge < -0.3 is 10.2 Å². The van der Waals surface area contributed by atoms with E-state index in [1.807, 2.05) is 29.2 Å². The summed E-state index contributed by atoms with van der Waals surface area (Å²) in [4.78, 5) is 27.0. The lowest BCUT2D eigenvalue weighted by molar-refractivity contribution is -0.132. The third-order valence-electron chi connectivity index (χ3n) is 6.61. The fourth-order valence-electron chi connectivity index (χ4n) is 4.39. The van der Waals surface area contributed by atoms with Crippen LogP contribution in [0.15, 0.2) is 53.4 Å². The van der Waals surface area contributed by atoms with E-state index in [2.05, 4.69) is 5.32 Å². The molecule has 8 heteroatoms. The van der Waals surface area contributed by atoms with Crippen molar-refractivity contribution in [3.8, 4) is 0 Å². The van der Waals surface area contributed by atoms with Crippen molar-refractivity contribution in [3.05, 3.63) is 65.2 Å². The molecule has 2 aliphatic rings. The molecule has 34 heavy (non-hydrogen) atoms. The van der Waals surface area contributed by atoms with Gasteiger partial charge in [-0.25, -0.2) is 8.42 Å². The molecule has 4 rings (SSSR count). The minimum Gasteiger partial charge on any atom is -0.355 e. The Morgan fingerprint density at radius 3 is 2.15 bits per heavy atom. The molecule has 0 unspecified atom stereocenters. The maximum atomic E-state index is 13.0. The Hall–Kier alpha value is -2.71. The zero-order valence-electron chi connectivity index (χ0n) is 19.7. The van der Waals surface area contributed by atoms with Gasteiger partial charge in [-0.1, -0.05) is 30.7 Å². The molecule has 1 aliphatic carbocycles. The summed E-state index contributed by atoms with van der Waals surface area (Å²) in [6.07, 6.45) is 5.89. The highest BCUT2D eigenvalue weighted by Crippen LogP contribution is 2.29. The number of benzene rings is 2. The first-order chi connectivity index (χ1) is 16.4. The van der Waals surface area contributed by atoms with Crippen molar-refractivity contribution in [2.75, 3.05) is 20.1 Å². The smallest absolute Gasteiger partial charge is 0.251 e. The maximum Gasteiger partial charge on any atom is 0.251 e. The van der Waals surface area contributed by atoms with Gasteiger partial charge in [-0.05, 0) is 67.5 Å². The van der Waals surface area contributed by atoms with Crippen molar-refractivity contribution in [1.82, 2.24) is 14.5 Å². The fraction of sp³-hybridized carbons (Fsp3) is 0.462. The predicted octanol–water partition coefficient (Wildman–Crippen LogP) is 3.34. The van der Waals surface area contributed by atoms with Crippen LogP contribution in [0.3, 0.4) is 0 Å². The van der Waals surface area contributed by atoms with Gasteiger partial charge >= 0.3 is 0 Å². The zero-order chi connectivity index (χ0) is 24.1. The molecule has 1 aliphatic heterocycles. The van der Waals surface area contributed by atoms with Gasteiger partial charge in [-0.3, -0.25) is 9.59 Å². The largest absolute Gasteiger partial charge is 0.355 e. The summed E-state index contributed by atoms with van der Waals surface area (Å²) in [6.45, 7) is 1.71. The van der Waals surface area contributed by atoms with E-state index < -0.39 is 10.0 Å². The van der Waals surface area contributed by atoms with Crippen LogP contribution in [0.1, 0.15) is 60.0 Å². The lowest BCUT2D eigenvalue weighted by atomic mass is 10.1. The SMILES string of the molecule is CNC(=O)c1ccc(CN(C(=O)CCc2ccc(S(=O)(=O)N3CCCCC3)cc2)C2CC2)cc1. The summed E-state index contributed by atoms with van der Waals surface area (Å²) in [5.74, 6) is -0.0284. The van der Waals surface area contributed by atoms with Crippen LogP contribution in [0.2, 0.25) is 0 Å². The first-order valence-corrected chi connectivity index (χ1v) is 13.5. The predicted molar refractivity (Wildman–Crippen MR) is 131 cm³/mol. The highest BCUT2D eigenvalue weighted by atomic mass is 32.2. The molecule has 1 saturated heterocycles. The number of piperidine rings is 1. The summed E-state index contributed by atoms with van der Waals surface area (Å²) in [5, 5.41) is 2.61. The lowest BCUT2D eigenvalue weighted by Crippen LogP contribution is -2.35. The number of rotatable bonds is 9. The van der Waals surface area contributed by atoms with Gasteiger partial charge in [0, 0.05) is 44.7 Å². The Morgan fingerprint density at radius 1 is 0.941 bits per heavy atom. The topological polar surface area (TPSA) is 86.8 Å². The van der Waals surface area contributed by atoms with Gasteiger partial charge in [-0.15, -0.1) is 0 Å². The second-order valence-electron chi connectivity index (χ2n) is 9.14. The molecule has 2 aromatic rings. The monoisotopic (exact) mass is 483 g/mol. The van der Waals surface area contributed by atoms with Crippen molar-refractivity contribution in [2.45, 2.75) is 62.4 Å². The molecule has 0 atom stereocenters. The summed E-state index contributed by atoms with van der Waals surface area (Å²) >= 11 is 0. The van der Waals surface area contributed by atoms with Crippen LogP contribution in [-0.2, 0) is 27.8 Å². The standard InChI is InChI=1S/C26H33N3O4S/c1-27-26(31)22-10-5-21(6-11-22)19-29(23-12-13-23)25(30)16-9-20-7-14-24(15-8-20)34(32,33)28-17-3-2-4-18-28/h5-8,10-11,14-15,23H,2-4,9,12-13,16-19H2,1H3,(H,27,31). The number of aryl methyl sites for hydroxylation is 1. The molecule has 0 spiro atoms.